The van der Waals surface area contributed by atoms with Gasteiger partial charge in [0.2, 0.25) is 35.4 Å². The highest BCUT2D eigenvalue weighted by Crippen LogP contribution is 2.20. The van der Waals surface area contributed by atoms with Crippen molar-refractivity contribution in [3.63, 3.8) is 0 Å². The Labute approximate surface area is 299 Å². The first-order valence-electron chi connectivity index (χ1n) is 17.3. The van der Waals surface area contributed by atoms with Crippen LogP contribution in [0.3, 0.4) is 0 Å². The van der Waals surface area contributed by atoms with Crippen molar-refractivity contribution in [1.29, 1.82) is 0 Å². The van der Waals surface area contributed by atoms with Crippen LogP contribution >= 0.6 is 0 Å². The predicted molar refractivity (Wildman–Crippen MR) is 192 cm³/mol. The third-order valence-electron chi connectivity index (χ3n) is 8.21. The number of amides is 6. The van der Waals surface area contributed by atoms with Crippen LogP contribution < -0.4 is 31.9 Å². The van der Waals surface area contributed by atoms with Crippen LogP contribution in [0.15, 0.2) is 79.1 Å². The second-order valence-electron chi connectivity index (χ2n) is 13.0. The van der Waals surface area contributed by atoms with Crippen molar-refractivity contribution in [3.05, 3.63) is 84.6 Å². The molecule has 14 heteroatoms. The number of carbonyl (C=O) groups excluding carboxylic acids is 6. The molecule has 1 aromatic rings. The third-order valence-corrected chi connectivity index (χ3v) is 8.21. The lowest BCUT2D eigenvalue weighted by Crippen LogP contribution is -2.59. The number of benzene rings is 1. The van der Waals surface area contributed by atoms with Crippen molar-refractivity contribution in [2.45, 2.75) is 89.2 Å². The summed E-state index contributed by atoms with van der Waals surface area (Å²) in [5, 5.41) is 25.4. The number of nitrogens with zero attached hydrogens (tertiary/aromatic N) is 1. The minimum Gasteiger partial charge on any atom is -0.393 e. The minimum absolute atomic E-state index is 0.107. The molecule has 51 heavy (non-hydrogen) atoms. The molecule has 0 saturated carbocycles. The molecule has 0 unspecified atom stereocenters. The van der Waals surface area contributed by atoms with Crippen molar-refractivity contribution in [2.24, 2.45) is 0 Å². The summed E-state index contributed by atoms with van der Waals surface area (Å²) in [6.45, 7) is 4.55. The van der Waals surface area contributed by atoms with Crippen molar-refractivity contribution in [1.82, 2.24) is 36.8 Å². The van der Waals surface area contributed by atoms with E-state index in [9.17, 15) is 33.9 Å². The van der Waals surface area contributed by atoms with E-state index in [-0.39, 0.29) is 38.1 Å². The van der Waals surface area contributed by atoms with Gasteiger partial charge < -0.3 is 36.6 Å². The molecule has 6 amide bonds. The quantitative estimate of drug-likeness (QED) is 0.0596. The number of hydrogen-bond acceptors (Lipinski definition) is 8. The first-order chi connectivity index (χ1) is 24.4. The second-order valence-corrected chi connectivity index (χ2v) is 13.0. The average molecular weight is 706 g/mol. The third kappa shape index (κ3) is 14.4. The Balaban J connectivity index is 1.55. The molecule has 276 valence electrons. The monoisotopic (exact) mass is 705 g/mol. The molecular weight excluding hydrogens is 654 g/mol. The lowest BCUT2D eigenvalue weighted by atomic mass is 10.0. The molecule has 0 spiro atoms. The smallest absolute Gasteiger partial charge is 0.247 e. The molecule has 4 atom stereocenters. The standard InChI is InChI=1S/C37H51N7O7/c1-26(45)16-12-9-7-5-4-6-8-10-15-19-31(46)38-21-20-32(47)39-23-29-34(49)40-24-30-36(51)44(37(2,3)43-30)25-33(48)41-28(35(50)42-29)22-27-17-13-11-14-18-27/h7-11,13-15,17-21,26,28-30,43,45H,4-6,12,16,22-25H2,1-3H3,(H,38,46)(H,39,47)(H,40,49)(H,41,48)(H,42,50)/b9-7-,10-8+,19-15+,21-20+/t26-,28+,29+,30-/m0/s1. The van der Waals surface area contributed by atoms with Gasteiger partial charge >= 0.3 is 0 Å². The Kier molecular flexibility index (Phi) is 16.3. The molecule has 0 radical (unpaired) electrons. The lowest BCUT2D eigenvalue weighted by molar-refractivity contribution is -0.137. The van der Waals surface area contributed by atoms with Crippen LogP contribution in [0.4, 0.5) is 0 Å². The fourth-order valence-corrected chi connectivity index (χ4v) is 5.45. The maximum atomic E-state index is 13.5. The van der Waals surface area contributed by atoms with E-state index in [0.29, 0.717) is 0 Å². The van der Waals surface area contributed by atoms with E-state index in [1.54, 1.807) is 57.2 Å². The first-order valence-corrected chi connectivity index (χ1v) is 17.3. The molecule has 7 N–H and O–H groups in total. The zero-order chi connectivity index (χ0) is 37.2. The SMILES string of the molecule is C[C@H](O)CC/C=C\CCC/C=C/C=C/C(=O)N/C=C/C(=O)NC[C@H]1NC(=O)[C@@H](Cc2ccccc2)NC(=O)CN2C(=O)[C@H](CNC1=O)NC2(C)C. The van der Waals surface area contributed by atoms with Gasteiger partial charge in [-0.05, 0) is 58.4 Å². The van der Waals surface area contributed by atoms with Gasteiger partial charge in [-0.15, -0.1) is 0 Å². The van der Waals surface area contributed by atoms with Gasteiger partial charge in [0.15, 0.2) is 0 Å². The fraction of sp³-hybridized carbons (Fsp3) is 0.459. The fourth-order valence-electron chi connectivity index (χ4n) is 5.45. The van der Waals surface area contributed by atoms with Gasteiger partial charge in [0.05, 0.1) is 11.8 Å². The van der Waals surface area contributed by atoms with Gasteiger partial charge in [0.1, 0.15) is 24.7 Å². The second kappa shape index (κ2) is 20.6. The van der Waals surface area contributed by atoms with E-state index < -0.39 is 53.3 Å². The van der Waals surface area contributed by atoms with E-state index in [0.717, 1.165) is 49.9 Å². The van der Waals surface area contributed by atoms with Crippen LogP contribution in [0.1, 0.15) is 58.4 Å². The Morgan fingerprint density at radius 1 is 0.941 bits per heavy atom. The number of aliphatic hydroxyl groups excluding tert-OH is 1. The van der Waals surface area contributed by atoms with Gasteiger partial charge in [-0.2, -0.15) is 0 Å². The number of hydrogen-bond donors (Lipinski definition) is 7. The van der Waals surface area contributed by atoms with Crippen LogP contribution in [0.25, 0.3) is 0 Å². The van der Waals surface area contributed by atoms with Crippen LogP contribution in [0.2, 0.25) is 0 Å². The molecule has 14 nitrogen and oxygen atoms in total. The molecule has 3 rings (SSSR count). The molecule has 2 bridgehead atoms. The number of nitrogens with one attached hydrogen (secondary N) is 6. The normalized spacial score (nSPS) is 22.0. The molecule has 0 aromatic heterocycles. The first kappa shape index (κ1) is 40.4. The van der Waals surface area contributed by atoms with Crippen LogP contribution in [0, 0.1) is 0 Å². The highest BCUT2D eigenvalue weighted by atomic mass is 16.3. The maximum Gasteiger partial charge on any atom is 0.247 e. The summed E-state index contributed by atoms with van der Waals surface area (Å²) in [5.41, 5.74) is -0.121. The van der Waals surface area contributed by atoms with Crippen LogP contribution in [-0.4, -0.2) is 95.0 Å². The van der Waals surface area contributed by atoms with E-state index in [1.807, 2.05) is 12.1 Å². The van der Waals surface area contributed by atoms with E-state index in [4.69, 9.17) is 0 Å². The molecular formula is C37H51N7O7. The van der Waals surface area contributed by atoms with Crippen LogP contribution in [-0.2, 0) is 35.2 Å². The average Bonchev–Trinajstić information content (AvgIpc) is 3.30. The highest BCUT2D eigenvalue weighted by molar-refractivity contribution is 5.96. The van der Waals surface area contributed by atoms with Crippen molar-refractivity contribution >= 4 is 35.4 Å². The van der Waals surface area contributed by atoms with E-state index in [1.165, 1.54) is 11.0 Å². The van der Waals surface area contributed by atoms with Crippen molar-refractivity contribution in [3.8, 4) is 0 Å². The molecule has 1 aromatic carbocycles. The number of allylic oxidation sites excluding steroid dienone is 5. The van der Waals surface area contributed by atoms with Gasteiger partial charge in [-0.1, -0.05) is 60.7 Å². The van der Waals surface area contributed by atoms with Gasteiger partial charge in [0, 0.05) is 37.9 Å². The van der Waals surface area contributed by atoms with Gasteiger partial charge in [-0.3, -0.25) is 34.1 Å². The number of rotatable bonds is 15. The largest absolute Gasteiger partial charge is 0.393 e. The Bertz CT molecular complexity index is 1490. The predicted octanol–water partition coefficient (Wildman–Crippen LogP) is 0.611. The summed E-state index contributed by atoms with van der Waals surface area (Å²) < 4.78 is 0. The molecule has 2 saturated heterocycles. The zero-order valence-electron chi connectivity index (χ0n) is 29.5. The number of aliphatic hydroxyl groups is 1. The molecule has 0 aliphatic carbocycles. The van der Waals surface area contributed by atoms with Crippen molar-refractivity contribution < 1.29 is 33.9 Å². The van der Waals surface area contributed by atoms with Crippen molar-refractivity contribution in [2.75, 3.05) is 19.6 Å². The Hall–Kier alpha value is -5.08. The maximum absolute atomic E-state index is 13.5. The summed E-state index contributed by atoms with van der Waals surface area (Å²) >= 11 is 0. The van der Waals surface area contributed by atoms with Crippen LogP contribution in [0.5, 0.6) is 0 Å². The molecule has 2 heterocycles. The molecule has 2 aliphatic rings. The number of unbranched alkanes of at least 4 members (excludes halogenated alkanes) is 2. The minimum atomic E-state index is -1.25. The summed E-state index contributed by atoms with van der Waals surface area (Å²) in [5.74, 6) is -3.28. The number of fused-ring (bicyclic) bond motifs is 2. The van der Waals surface area contributed by atoms with E-state index in [2.05, 4.69) is 44.1 Å². The molecule has 2 aliphatic heterocycles. The van der Waals surface area contributed by atoms with E-state index >= 15 is 0 Å². The lowest BCUT2D eigenvalue weighted by Gasteiger charge is -2.31. The van der Waals surface area contributed by atoms with Gasteiger partial charge in [0.25, 0.3) is 0 Å². The summed E-state index contributed by atoms with van der Waals surface area (Å²) in [7, 11) is 0. The summed E-state index contributed by atoms with van der Waals surface area (Å²) in [6.07, 6.45) is 17.2. The Morgan fingerprint density at radius 2 is 1.67 bits per heavy atom. The van der Waals surface area contributed by atoms with Gasteiger partial charge in [-0.25, -0.2) is 0 Å². The zero-order valence-corrected chi connectivity index (χ0v) is 29.5. The summed E-state index contributed by atoms with van der Waals surface area (Å²) in [6, 6.07) is 5.88. The number of carbonyl (C=O) groups is 6. The highest BCUT2D eigenvalue weighted by Gasteiger charge is 2.45. The molecule has 2 fully saturated rings. The topological polar surface area (TPSA) is 198 Å². The Morgan fingerprint density at radius 3 is 2.41 bits per heavy atom. The summed E-state index contributed by atoms with van der Waals surface area (Å²) in [4.78, 5) is 79.1.